The molecule has 3 saturated carbocycles. The Morgan fingerprint density at radius 3 is 1.95 bits per heavy atom. The molecule has 0 amide bonds. The van der Waals surface area contributed by atoms with Crippen LogP contribution in [0.3, 0.4) is 0 Å². The molecule has 0 saturated heterocycles. The monoisotopic (exact) mass is 281 g/mol. The maximum Gasteiger partial charge on any atom is 0.308 e. The van der Waals surface area contributed by atoms with E-state index < -0.39 is 11.5 Å². The molecular formula is C17H31NO2. The van der Waals surface area contributed by atoms with Gasteiger partial charge in [-0.25, -0.2) is 0 Å². The number of fused-ring (bicyclic) bond motifs is 11. The first-order chi connectivity index (χ1) is 9.63. The van der Waals surface area contributed by atoms with Crippen LogP contribution in [-0.2, 0) is 4.79 Å². The van der Waals surface area contributed by atoms with E-state index in [0.29, 0.717) is 5.92 Å². The van der Waals surface area contributed by atoms with Crippen LogP contribution in [0.5, 0.6) is 0 Å². The Hall–Kier alpha value is -0.570. The molecule has 3 aliphatic carbocycles. The molecule has 2 bridgehead atoms. The van der Waals surface area contributed by atoms with Gasteiger partial charge < -0.3 is 10.8 Å². The molecule has 3 unspecified atom stereocenters. The second-order valence-corrected chi connectivity index (χ2v) is 7.09. The lowest BCUT2D eigenvalue weighted by molar-refractivity contribution is -0.155. The minimum absolute atomic E-state index is 0.285. The van der Waals surface area contributed by atoms with Gasteiger partial charge in [0.05, 0.1) is 5.92 Å². The number of hydrogen-bond donors (Lipinski definition) is 2. The molecular weight excluding hydrogens is 250 g/mol. The van der Waals surface area contributed by atoms with Crippen molar-refractivity contribution in [1.29, 1.82) is 0 Å². The summed E-state index contributed by atoms with van der Waals surface area (Å²) >= 11 is 0. The smallest absolute Gasteiger partial charge is 0.308 e. The van der Waals surface area contributed by atoms with Crippen LogP contribution in [-0.4, -0.2) is 16.6 Å². The predicted molar refractivity (Wildman–Crippen MR) is 81.6 cm³/mol. The van der Waals surface area contributed by atoms with Gasteiger partial charge in [0.1, 0.15) is 0 Å². The fourth-order valence-electron chi connectivity index (χ4n) is 4.29. The molecule has 0 heterocycles. The molecule has 0 aromatic rings. The van der Waals surface area contributed by atoms with Crippen molar-refractivity contribution in [3.63, 3.8) is 0 Å². The van der Waals surface area contributed by atoms with Crippen molar-refractivity contribution in [1.82, 2.24) is 0 Å². The Labute approximate surface area is 123 Å². The Morgan fingerprint density at radius 2 is 1.40 bits per heavy atom. The zero-order chi connectivity index (χ0) is 14.4. The Bertz CT molecular complexity index is 314. The molecule has 3 nitrogen and oxygen atoms in total. The summed E-state index contributed by atoms with van der Waals surface area (Å²) in [6.45, 7) is 0. The van der Waals surface area contributed by atoms with E-state index in [1.807, 2.05) is 0 Å². The summed E-state index contributed by atoms with van der Waals surface area (Å²) in [6.07, 6.45) is 15.7. The minimum atomic E-state index is -0.659. The van der Waals surface area contributed by atoms with Gasteiger partial charge in [-0.15, -0.1) is 0 Å². The topological polar surface area (TPSA) is 63.3 Å². The molecule has 3 fully saturated rings. The van der Waals surface area contributed by atoms with E-state index in [-0.39, 0.29) is 5.92 Å². The molecule has 3 heteroatoms. The van der Waals surface area contributed by atoms with Crippen molar-refractivity contribution in [3.8, 4) is 0 Å². The maximum absolute atomic E-state index is 11.5. The van der Waals surface area contributed by atoms with Crippen molar-refractivity contribution in [3.05, 3.63) is 0 Å². The molecule has 0 aromatic heterocycles. The highest BCUT2D eigenvalue weighted by atomic mass is 16.4. The largest absolute Gasteiger partial charge is 0.481 e. The molecule has 3 N–H and O–H groups in total. The average molecular weight is 281 g/mol. The average Bonchev–Trinajstić information content (AvgIpc) is 2.37. The number of carboxylic acid groups (broad SMARTS) is 1. The van der Waals surface area contributed by atoms with E-state index in [4.69, 9.17) is 5.73 Å². The molecule has 3 aliphatic rings. The van der Waals surface area contributed by atoms with Crippen LogP contribution in [0.25, 0.3) is 0 Å². The van der Waals surface area contributed by atoms with Crippen LogP contribution in [0.4, 0.5) is 0 Å². The highest BCUT2D eigenvalue weighted by molar-refractivity contribution is 5.73. The van der Waals surface area contributed by atoms with E-state index in [0.717, 1.165) is 25.7 Å². The summed E-state index contributed by atoms with van der Waals surface area (Å²) in [7, 11) is 0. The van der Waals surface area contributed by atoms with Crippen LogP contribution in [0.15, 0.2) is 0 Å². The number of carbonyl (C=O) groups is 1. The van der Waals surface area contributed by atoms with Crippen LogP contribution in [0.1, 0.15) is 83.5 Å². The predicted octanol–water partition coefficient (Wildman–Crippen LogP) is 4.10. The standard InChI is InChI=1S/C17H31NO2/c18-17-12-10-8-6-4-2-1-3-5-7-9-11-14(13-17)15(17)16(19)20/h14-15H,1-13,18H2,(H,19,20). The molecule has 0 aromatic carbocycles. The molecule has 0 aliphatic heterocycles. The molecule has 0 radical (unpaired) electrons. The second-order valence-electron chi connectivity index (χ2n) is 7.09. The molecule has 20 heavy (non-hydrogen) atoms. The Kier molecular flexibility index (Phi) is 5.88. The molecule has 3 rings (SSSR count). The number of carboxylic acids is 1. The van der Waals surface area contributed by atoms with Gasteiger partial charge in [0.25, 0.3) is 0 Å². The lowest BCUT2D eigenvalue weighted by Crippen LogP contribution is -2.63. The van der Waals surface area contributed by atoms with E-state index in [1.165, 1.54) is 57.8 Å². The zero-order valence-electron chi connectivity index (χ0n) is 12.8. The number of rotatable bonds is 1. The Morgan fingerprint density at radius 1 is 0.900 bits per heavy atom. The third kappa shape index (κ3) is 3.97. The zero-order valence-corrected chi connectivity index (χ0v) is 12.8. The highest BCUT2D eigenvalue weighted by Crippen LogP contribution is 2.48. The SMILES string of the molecule is NC12CCCCCCCCCCCCC(C1)C2C(=O)O. The normalized spacial score (nSPS) is 37.2. The van der Waals surface area contributed by atoms with Crippen LogP contribution >= 0.6 is 0 Å². The van der Waals surface area contributed by atoms with E-state index in [9.17, 15) is 9.90 Å². The lowest BCUT2D eigenvalue weighted by Gasteiger charge is -2.51. The van der Waals surface area contributed by atoms with Gasteiger partial charge in [0.2, 0.25) is 0 Å². The third-order valence-electron chi connectivity index (χ3n) is 5.47. The summed E-state index contributed by atoms with van der Waals surface area (Å²) in [5, 5.41) is 9.47. The van der Waals surface area contributed by atoms with E-state index in [2.05, 4.69) is 0 Å². The van der Waals surface area contributed by atoms with Gasteiger partial charge in [0, 0.05) is 5.54 Å². The quantitative estimate of drug-likeness (QED) is 0.760. The van der Waals surface area contributed by atoms with Gasteiger partial charge >= 0.3 is 5.97 Å². The van der Waals surface area contributed by atoms with Gasteiger partial charge in [-0.05, 0) is 25.2 Å². The second kappa shape index (κ2) is 7.44. The van der Waals surface area contributed by atoms with E-state index >= 15 is 0 Å². The van der Waals surface area contributed by atoms with Crippen molar-refractivity contribution in [2.24, 2.45) is 17.6 Å². The van der Waals surface area contributed by atoms with Crippen molar-refractivity contribution >= 4 is 5.97 Å². The summed E-state index contributed by atoms with van der Waals surface area (Å²) in [6, 6.07) is 0. The number of aliphatic carboxylic acids is 1. The summed E-state index contributed by atoms with van der Waals surface area (Å²) in [5.74, 6) is -0.608. The van der Waals surface area contributed by atoms with E-state index in [1.54, 1.807) is 0 Å². The molecule has 116 valence electrons. The van der Waals surface area contributed by atoms with Crippen molar-refractivity contribution in [2.45, 2.75) is 89.0 Å². The summed E-state index contributed by atoms with van der Waals surface area (Å²) in [4.78, 5) is 11.5. The van der Waals surface area contributed by atoms with Crippen molar-refractivity contribution < 1.29 is 9.90 Å². The first-order valence-electron chi connectivity index (χ1n) is 8.65. The van der Waals surface area contributed by atoms with Crippen LogP contribution in [0.2, 0.25) is 0 Å². The lowest BCUT2D eigenvalue weighted by atomic mass is 9.56. The van der Waals surface area contributed by atoms with Gasteiger partial charge in [-0.1, -0.05) is 64.2 Å². The first-order valence-corrected chi connectivity index (χ1v) is 8.65. The fraction of sp³-hybridized carbons (Fsp3) is 0.941. The summed E-state index contributed by atoms with van der Waals surface area (Å²) < 4.78 is 0. The highest BCUT2D eigenvalue weighted by Gasteiger charge is 2.54. The number of nitrogens with two attached hydrogens (primary N) is 1. The first kappa shape index (κ1) is 15.8. The fourth-order valence-corrected chi connectivity index (χ4v) is 4.29. The van der Waals surface area contributed by atoms with Gasteiger partial charge in [-0.3, -0.25) is 4.79 Å². The van der Waals surface area contributed by atoms with Gasteiger partial charge in [0.15, 0.2) is 0 Å². The molecule has 3 atom stereocenters. The summed E-state index contributed by atoms with van der Waals surface area (Å²) in [5.41, 5.74) is 5.98. The molecule has 0 spiro atoms. The van der Waals surface area contributed by atoms with Crippen molar-refractivity contribution in [2.75, 3.05) is 0 Å². The minimum Gasteiger partial charge on any atom is -0.481 e. The third-order valence-corrected chi connectivity index (χ3v) is 5.47. The maximum atomic E-state index is 11.5. The van der Waals surface area contributed by atoms with Crippen LogP contribution < -0.4 is 5.73 Å². The number of hydrogen-bond acceptors (Lipinski definition) is 2. The Balaban J connectivity index is 1.89. The van der Waals surface area contributed by atoms with Crippen LogP contribution in [0, 0.1) is 11.8 Å². The van der Waals surface area contributed by atoms with Gasteiger partial charge in [-0.2, -0.15) is 0 Å².